The van der Waals surface area contributed by atoms with E-state index in [-0.39, 0.29) is 0 Å². The van der Waals surface area contributed by atoms with Gasteiger partial charge in [-0.25, -0.2) is 0 Å². The molecule has 0 saturated carbocycles. The summed E-state index contributed by atoms with van der Waals surface area (Å²) in [5.74, 6) is 0.712. The van der Waals surface area contributed by atoms with Gasteiger partial charge in [-0.2, -0.15) is 19.4 Å². The van der Waals surface area contributed by atoms with Crippen LogP contribution in [0.3, 0.4) is 0 Å². The van der Waals surface area contributed by atoms with Gasteiger partial charge in [-0.15, -0.1) is 0 Å². The van der Waals surface area contributed by atoms with Crippen molar-refractivity contribution >= 4 is 12.3 Å². The molecule has 0 N–H and O–H groups in total. The molecule has 2 aromatic carbocycles. The summed E-state index contributed by atoms with van der Waals surface area (Å²) in [6.45, 7) is 7.13. The molecule has 6 heteroatoms. The Kier molecular flexibility index (Phi) is 5.42. The van der Waals surface area contributed by atoms with Crippen LogP contribution in [-0.2, 0) is 9.78 Å². The zero-order chi connectivity index (χ0) is 17.7. The van der Waals surface area contributed by atoms with Crippen molar-refractivity contribution in [1.29, 1.82) is 0 Å². The molecule has 126 valence electrons. The van der Waals surface area contributed by atoms with Crippen LogP contribution in [0.5, 0.6) is 11.5 Å². The third-order valence-electron chi connectivity index (χ3n) is 3.37. The molecule has 2 rings (SSSR count). The standard InChI is InChI=1S/C18H18O6/c1-11-7-5-8-12(2)15(11)21-17(19)23-24-18(20)22-16-13(3)9-6-10-14(16)4/h5-10H,1-4H3. The van der Waals surface area contributed by atoms with Gasteiger partial charge in [-0.1, -0.05) is 36.4 Å². The van der Waals surface area contributed by atoms with Crippen molar-refractivity contribution in [3.63, 3.8) is 0 Å². The largest absolute Gasteiger partial charge is 0.555 e. The van der Waals surface area contributed by atoms with Gasteiger partial charge in [-0.3, -0.25) is 0 Å². The quantitative estimate of drug-likeness (QED) is 0.348. The van der Waals surface area contributed by atoms with Gasteiger partial charge in [0.15, 0.2) is 0 Å². The highest BCUT2D eigenvalue weighted by atomic mass is 17.3. The van der Waals surface area contributed by atoms with Crippen LogP contribution < -0.4 is 9.47 Å². The highest BCUT2D eigenvalue weighted by molar-refractivity contribution is 5.68. The van der Waals surface area contributed by atoms with Crippen LogP contribution in [0, 0.1) is 27.7 Å². The second-order valence-corrected chi connectivity index (χ2v) is 5.31. The number of rotatable bonds is 2. The smallest absolute Gasteiger partial charge is 0.392 e. The number of aryl methyl sites for hydroxylation is 4. The Balaban J connectivity index is 1.91. The van der Waals surface area contributed by atoms with E-state index in [9.17, 15) is 9.59 Å². The summed E-state index contributed by atoms with van der Waals surface area (Å²) in [4.78, 5) is 31.9. The number of benzene rings is 2. The van der Waals surface area contributed by atoms with Crippen molar-refractivity contribution < 1.29 is 28.8 Å². The molecule has 0 aliphatic carbocycles. The summed E-state index contributed by atoms with van der Waals surface area (Å²) in [6.07, 6.45) is -2.32. The molecule has 2 aromatic rings. The first kappa shape index (κ1) is 17.3. The fourth-order valence-corrected chi connectivity index (χ4v) is 2.19. The van der Waals surface area contributed by atoms with Crippen molar-refractivity contribution in [3.05, 3.63) is 58.7 Å². The lowest BCUT2D eigenvalue weighted by Gasteiger charge is -2.10. The molecular formula is C18H18O6. The lowest BCUT2D eigenvalue weighted by atomic mass is 10.1. The van der Waals surface area contributed by atoms with E-state index in [0.29, 0.717) is 11.5 Å². The van der Waals surface area contributed by atoms with Gasteiger partial charge >= 0.3 is 12.3 Å². The van der Waals surface area contributed by atoms with Crippen LogP contribution in [0.2, 0.25) is 0 Å². The Bertz CT molecular complexity index is 660. The number of carbonyl (C=O) groups excluding carboxylic acids is 2. The molecule has 0 aliphatic heterocycles. The Morgan fingerprint density at radius 2 is 0.917 bits per heavy atom. The zero-order valence-corrected chi connectivity index (χ0v) is 13.9. The second-order valence-electron chi connectivity index (χ2n) is 5.31. The molecule has 6 nitrogen and oxygen atoms in total. The predicted octanol–water partition coefficient (Wildman–Crippen LogP) is 4.57. The summed E-state index contributed by atoms with van der Waals surface area (Å²) < 4.78 is 10.1. The summed E-state index contributed by atoms with van der Waals surface area (Å²) in [7, 11) is 0. The van der Waals surface area contributed by atoms with Gasteiger partial charge in [0, 0.05) is 0 Å². The molecule has 0 heterocycles. The number of para-hydroxylation sites is 2. The van der Waals surface area contributed by atoms with Crippen LogP contribution in [0.15, 0.2) is 36.4 Å². The molecule has 0 amide bonds. The molecule has 0 unspecified atom stereocenters. The van der Waals surface area contributed by atoms with Crippen LogP contribution >= 0.6 is 0 Å². The fourth-order valence-electron chi connectivity index (χ4n) is 2.19. The normalized spacial score (nSPS) is 10.0. The maximum atomic E-state index is 11.6. The summed E-state index contributed by atoms with van der Waals surface area (Å²) in [5.41, 5.74) is 3.02. The SMILES string of the molecule is Cc1cccc(C)c1OC(=O)OOC(=O)Oc1c(C)cccc1C. The third kappa shape index (κ3) is 4.25. The second kappa shape index (κ2) is 7.50. The van der Waals surface area contributed by atoms with E-state index in [4.69, 9.17) is 9.47 Å². The molecule has 0 atom stereocenters. The Morgan fingerprint density at radius 1 is 0.625 bits per heavy atom. The highest BCUT2D eigenvalue weighted by Crippen LogP contribution is 2.24. The van der Waals surface area contributed by atoms with Crippen LogP contribution in [0.4, 0.5) is 9.59 Å². The number of hydrogen-bond donors (Lipinski definition) is 0. The molecular weight excluding hydrogens is 312 g/mol. The van der Waals surface area contributed by atoms with Crippen LogP contribution in [-0.4, -0.2) is 12.3 Å². The van der Waals surface area contributed by atoms with E-state index in [0.717, 1.165) is 22.3 Å². The zero-order valence-electron chi connectivity index (χ0n) is 13.9. The first-order valence-corrected chi connectivity index (χ1v) is 7.29. The van der Waals surface area contributed by atoms with Gasteiger partial charge < -0.3 is 9.47 Å². The van der Waals surface area contributed by atoms with Crippen LogP contribution in [0.1, 0.15) is 22.3 Å². The average Bonchev–Trinajstić information content (AvgIpc) is 2.53. The number of carbonyl (C=O) groups is 2. The van der Waals surface area contributed by atoms with Gasteiger partial charge in [0.25, 0.3) is 0 Å². The van der Waals surface area contributed by atoms with Gasteiger partial charge in [-0.05, 0) is 49.9 Å². The molecule has 0 aromatic heterocycles. The lowest BCUT2D eigenvalue weighted by molar-refractivity contribution is -0.203. The third-order valence-corrected chi connectivity index (χ3v) is 3.37. The molecule has 0 saturated heterocycles. The molecule has 0 spiro atoms. The monoisotopic (exact) mass is 330 g/mol. The molecule has 0 aliphatic rings. The first-order chi connectivity index (χ1) is 11.4. The number of hydrogen-bond acceptors (Lipinski definition) is 6. The van der Waals surface area contributed by atoms with E-state index < -0.39 is 12.3 Å². The topological polar surface area (TPSA) is 71.1 Å². The van der Waals surface area contributed by atoms with Gasteiger partial charge in [0.1, 0.15) is 11.5 Å². The van der Waals surface area contributed by atoms with Crippen molar-refractivity contribution in [2.24, 2.45) is 0 Å². The Morgan fingerprint density at radius 3 is 1.21 bits per heavy atom. The molecule has 0 bridgehead atoms. The summed E-state index contributed by atoms with van der Waals surface area (Å²) in [5, 5.41) is 0. The first-order valence-electron chi connectivity index (χ1n) is 7.29. The van der Waals surface area contributed by atoms with E-state index in [2.05, 4.69) is 9.78 Å². The average molecular weight is 330 g/mol. The van der Waals surface area contributed by atoms with Crippen molar-refractivity contribution in [1.82, 2.24) is 0 Å². The van der Waals surface area contributed by atoms with Gasteiger partial charge in [0.05, 0.1) is 0 Å². The minimum absolute atomic E-state index is 0.356. The Labute approximate surface area is 139 Å². The van der Waals surface area contributed by atoms with E-state index in [1.807, 2.05) is 12.1 Å². The molecule has 24 heavy (non-hydrogen) atoms. The number of ether oxygens (including phenoxy) is 2. The highest BCUT2D eigenvalue weighted by Gasteiger charge is 2.17. The van der Waals surface area contributed by atoms with Crippen LogP contribution in [0.25, 0.3) is 0 Å². The van der Waals surface area contributed by atoms with E-state index in [1.165, 1.54) is 0 Å². The van der Waals surface area contributed by atoms with Gasteiger partial charge in [0.2, 0.25) is 0 Å². The summed E-state index contributed by atoms with van der Waals surface area (Å²) >= 11 is 0. The summed E-state index contributed by atoms with van der Waals surface area (Å²) in [6, 6.07) is 10.8. The van der Waals surface area contributed by atoms with E-state index in [1.54, 1.807) is 52.0 Å². The maximum Gasteiger partial charge on any atom is 0.555 e. The maximum absolute atomic E-state index is 11.6. The predicted molar refractivity (Wildman–Crippen MR) is 86.1 cm³/mol. The lowest BCUT2D eigenvalue weighted by Crippen LogP contribution is -2.18. The van der Waals surface area contributed by atoms with Crippen molar-refractivity contribution in [3.8, 4) is 11.5 Å². The molecule has 0 radical (unpaired) electrons. The molecule has 0 fully saturated rings. The fraction of sp³-hybridized carbons (Fsp3) is 0.222. The minimum atomic E-state index is -1.16. The van der Waals surface area contributed by atoms with E-state index >= 15 is 0 Å². The van der Waals surface area contributed by atoms with Crippen molar-refractivity contribution in [2.45, 2.75) is 27.7 Å². The minimum Gasteiger partial charge on any atom is -0.392 e. The Hall–Kier alpha value is -3.02. The van der Waals surface area contributed by atoms with Crippen molar-refractivity contribution in [2.75, 3.05) is 0 Å².